The lowest BCUT2D eigenvalue weighted by molar-refractivity contribution is 0.467. The summed E-state index contributed by atoms with van der Waals surface area (Å²) >= 11 is 0. The topological polar surface area (TPSA) is 65.2 Å². The first-order valence-electron chi connectivity index (χ1n) is 8.80. The van der Waals surface area contributed by atoms with Crippen LogP contribution in [-0.2, 0) is 5.41 Å². The Morgan fingerprint density at radius 2 is 1.69 bits per heavy atom. The van der Waals surface area contributed by atoms with Gasteiger partial charge in [-0.3, -0.25) is 0 Å². The highest BCUT2D eigenvalue weighted by Crippen LogP contribution is 2.40. The summed E-state index contributed by atoms with van der Waals surface area (Å²) < 4.78 is 0. The van der Waals surface area contributed by atoms with Crippen LogP contribution in [0.5, 0.6) is 11.5 Å². The maximum atomic E-state index is 10.4. The average Bonchev–Trinajstić information content (AvgIpc) is 2.63. The molecule has 2 N–H and O–H groups in total. The number of benzene rings is 3. The van der Waals surface area contributed by atoms with Crippen molar-refractivity contribution in [2.75, 3.05) is 0 Å². The number of azo groups is 1. The number of rotatable bonds is 4. The van der Waals surface area contributed by atoms with Crippen molar-refractivity contribution in [3.05, 3.63) is 59.7 Å². The van der Waals surface area contributed by atoms with Crippen molar-refractivity contribution in [2.24, 2.45) is 10.2 Å². The molecule has 134 valence electrons. The van der Waals surface area contributed by atoms with E-state index in [1.807, 2.05) is 49.4 Å². The molecule has 0 unspecified atom stereocenters. The Hall–Kier alpha value is -2.88. The largest absolute Gasteiger partial charge is 0.506 e. The highest BCUT2D eigenvalue weighted by molar-refractivity contribution is 5.95. The molecule has 0 fully saturated rings. The van der Waals surface area contributed by atoms with Crippen LogP contribution in [0.1, 0.15) is 38.3 Å². The minimum Gasteiger partial charge on any atom is -0.506 e. The van der Waals surface area contributed by atoms with Crippen LogP contribution in [0, 0.1) is 6.92 Å². The fourth-order valence-corrected chi connectivity index (χ4v) is 2.88. The van der Waals surface area contributed by atoms with Gasteiger partial charge in [-0.15, -0.1) is 10.2 Å². The second-order valence-corrected chi connectivity index (χ2v) is 7.25. The summed E-state index contributed by atoms with van der Waals surface area (Å²) in [7, 11) is 0. The van der Waals surface area contributed by atoms with Gasteiger partial charge in [-0.1, -0.05) is 57.2 Å². The molecule has 0 saturated carbocycles. The zero-order valence-corrected chi connectivity index (χ0v) is 15.6. The molecule has 0 heterocycles. The molecule has 0 saturated heterocycles. The third-order valence-electron chi connectivity index (χ3n) is 5.08. The summed E-state index contributed by atoms with van der Waals surface area (Å²) in [6, 6.07) is 15.0. The fraction of sp³-hybridized carbons (Fsp3) is 0.273. The van der Waals surface area contributed by atoms with Crippen molar-refractivity contribution in [3.8, 4) is 11.5 Å². The molecule has 0 spiro atoms. The molecule has 0 radical (unpaired) electrons. The Morgan fingerprint density at radius 1 is 0.962 bits per heavy atom. The third-order valence-corrected chi connectivity index (χ3v) is 5.08. The zero-order valence-electron chi connectivity index (χ0n) is 15.6. The second kappa shape index (κ2) is 6.79. The van der Waals surface area contributed by atoms with Gasteiger partial charge in [0, 0.05) is 5.39 Å². The summed E-state index contributed by atoms with van der Waals surface area (Å²) in [5.41, 5.74) is 2.66. The molecule has 4 heteroatoms. The van der Waals surface area contributed by atoms with Gasteiger partial charge in [0.2, 0.25) is 0 Å². The average molecular weight is 348 g/mol. The van der Waals surface area contributed by atoms with Crippen LogP contribution in [0.25, 0.3) is 10.8 Å². The van der Waals surface area contributed by atoms with Crippen LogP contribution in [0.2, 0.25) is 0 Å². The SMILES string of the molecule is CCC(C)(C)c1cc(C)c(O)c(N=Nc2c(O)ccc3ccccc23)c1. The number of hydrogen-bond donors (Lipinski definition) is 2. The number of nitrogens with zero attached hydrogens (tertiary/aromatic N) is 2. The fourth-order valence-electron chi connectivity index (χ4n) is 2.88. The summed E-state index contributed by atoms with van der Waals surface area (Å²) in [4.78, 5) is 0. The molecule has 3 rings (SSSR count). The van der Waals surface area contributed by atoms with Crippen molar-refractivity contribution < 1.29 is 10.2 Å². The number of phenolic OH excluding ortho intramolecular Hbond substituents is 2. The van der Waals surface area contributed by atoms with Crippen LogP contribution in [0.15, 0.2) is 58.8 Å². The van der Waals surface area contributed by atoms with Crippen LogP contribution in [0.4, 0.5) is 11.4 Å². The number of hydrogen-bond acceptors (Lipinski definition) is 4. The molecule has 0 aliphatic carbocycles. The van der Waals surface area contributed by atoms with E-state index in [-0.39, 0.29) is 16.9 Å². The van der Waals surface area contributed by atoms with E-state index in [1.165, 1.54) is 0 Å². The molecule has 3 aromatic carbocycles. The first kappa shape index (κ1) is 17.9. The van der Waals surface area contributed by atoms with Crippen molar-refractivity contribution in [1.82, 2.24) is 0 Å². The molecule has 0 amide bonds. The summed E-state index contributed by atoms with van der Waals surface area (Å²) in [5.74, 6) is 0.179. The Balaban J connectivity index is 2.11. The monoisotopic (exact) mass is 348 g/mol. The minimum absolute atomic E-state index is 0.0235. The number of phenols is 2. The minimum atomic E-state index is -0.0235. The lowest BCUT2D eigenvalue weighted by Crippen LogP contribution is -2.15. The maximum absolute atomic E-state index is 10.4. The number of fused-ring (bicyclic) bond motifs is 1. The van der Waals surface area contributed by atoms with Gasteiger partial charge >= 0.3 is 0 Å². The molecule has 26 heavy (non-hydrogen) atoms. The molecule has 0 aliphatic rings. The van der Waals surface area contributed by atoms with Crippen LogP contribution in [0.3, 0.4) is 0 Å². The summed E-state index contributed by atoms with van der Waals surface area (Å²) in [5, 5.41) is 31.0. The number of aryl methyl sites for hydroxylation is 1. The zero-order chi connectivity index (χ0) is 18.9. The van der Waals surface area contributed by atoms with E-state index in [2.05, 4.69) is 31.0 Å². The number of aromatic hydroxyl groups is 2. The smallest absolute Gasteiger partial charge is 0.146 e. The van der Waals surface area contributed by atoms with E-state index >= 15 is 0 Å². The van der Waals surface area contributed by atoms with E-state index in [1.54, 1.807) is 6.07 Å². The van der Waals surface area contributed by atoms with Gasteiger partial charge in [0.05, 0.1) is 0 Å². The third kappa shape index (κ3) is 3.27. The van der Waals surface area contributed by atoms with Crippen LogP contribution < -0.4 is 0 Å². The summed E-state index contributed by atoms with van der Waals surface area (Å²) in [6.07, 6.45) is 0.970. The van der Waals surface area contributed by atoms with Gasteiger partial charge in [0.25, 0.3) is 0 Å². The van der Waals surface area contributed by atoms with Gasteiger partial charge in [0.1, 0.15) is 22.9 Å². The van der Waals surface area contributed by atoms with Gasteiger partial charge in [0.15, 0.2) is 0 Å². The Morgan fingerprint density at radius 3 is 2.42 bits per heavy atom. The Kier molecular flexibility index (Phi) is 4.68. The van der Waals surface area contributed by atoms with Gasteiger partial charge in [-0.05, 0) is 47.4 Å². The Labute approximate surface area is 153 Å². The predicted molar refractivity (Wildman–Crippen MR) is 106 cm³/mol. The van der Waals surface area contributed by atoms with Crippen molar-refractivity contribution >= 4 is 22.1 Å². The maximum Gasteiger partial charge on any atom is 0.146 e. The van der Waals surface area contributed by atoms with E-state index in [0.29, 0.717) is 11.4 Å². The van der Waals surface area contributed by atoms with Crippen molar-refractivity contribution in [3.63, 3.8) is 0 Å². The van der Waals surface area contributed by atoms with E-state index in [0.717, 1.165) is 28.3 Å². The highest BCUT2D eigenvalue weighted by Gasteiger charge is 2.20. The standard InChI is InChI=1S/C22H24N2O2/c1-5-22(3,4)16-12-14(2)21(26)18(13-16)23-24-20-17-9-7-6-8-15(17)10-11-19(20)25/h6-13,25-26H,5H2,1-4H3. The van der Waals surface area contributed by atoms with E-state index < -0.39 is 0 Å². The van der Waals surface area contributed by atoms with Crippen molar-refractivity contribution in [1.29, 1.82) is 0 Å². The predicted octanol–water partition coefficient (Wildman–Crippen LogP) is 6.66. The molecule has 0 aliphatic heterocycles. The molecular weight excluding hydrogens is 324 g/mol. The van der Waals surface area contributed by atoms with Crippen LogP contribution in [-0.4, -0.2) is 10.2 Å². The summed E-state index contributed by atoms with van der Waals surface area (Å²) in [6.45, 7) is 8.32. The molecule has 3 aromatic rings. The highest BCUT2D eigenvalue weighted by atomic mass is 16.3. The molecule has 0 bridgehead atoms. The first-order valence-corrected chi connectivity index (χ1v) is 8.80. The molecule has 4 nitrogen and oxygen atoms in total. The lowest BCUT2D eigenvalue weighted by Gasteiger charge is -2.24. The Bertz CT molecular complexity index is 991. The second-order valence-electron chi connectivity index (χ2n) is 7.25. The van der Waals surface area contributed by atoms with Crippen molar-refractivity contribution in [2.45, 2.75) is 39.5 Å². The van der Waals surface area contributed by atoms with E-state index in [9.17, 15) is 10.2 Å². The van der Waals surface area contributed by atoms with Crippen LogP contribution >= 0.6 is 0 Å². The normalized spacial score (nSPS) is 12.2. The first-order chi connectivity index (χ1) is 12.3. The molecule has 0 atom stereocenters. The molecular formula is C22H24N2O2. The van der Waals surface area contributed by atoms with Gasteiger partial charge in [-0.2, -0.15) is 0 Å². The van der Waals surface area contributed by atoms with Gasteiger partial charge < -0.3 is 10.2 Å². The molecule has 0 aromatic heterocycles. The quantitative estimate of drug-likeness (QED) is 0.518. The van der Waals surface area contributed by atoms with E-state index in [4.69, 9.17) is 0 Å². The van der Waals surface area contributed by atoms with Gasteiger partial charge in [-0.25, -0.2) is 0 Å². The lowest BCUT2D eigenvalue weighted by atomic mass is 9.81.